The predicted molar refractivity (Wildman–Crippen MR) is 91.9 cm³/mol. The van der Waals surface area contributed by atoms with Crippen molar-refractivity contribution in [3.8, 4) is 11.5 Å². The first kappa shape index (κ1) is 20.4. The monoisotopic (exact) mass is 419 g/mol. The number of hydrogen-bond acceptors (Lipinski definition) is 4. The Kier molecular flexibility index (Phi) is 5.05. The number of ether oxygens (including phenoxy) is 2. The van der Waals surface area contributed by atoms with E-state index < -0.39 is 39.6 Å². The summed E-state index contributed by atoms with van der Waals surface area (Å²) in [6, 6.07) is 6.87. The Bertz CT molecular complexity index is 972. The van der Waals surface area contributed by atoms with E-state index in [9.17, 15) is 26.0 Å². The first-order chi connectivity index (χ1) is 12.8. The predicted octanol–water partition coefficient (Wildman–Crippen LogP) is 4.31. The molecule has 0 aromatic heterocycles. The van der Waals surface area contributed by atoms with E-state index >= 15 is 0 Å². The van der Waals surface area contributed by atoms with Gasteiger partial charge in [-0.15, -0.1) is 13.2 Å². The molecule has 0 aliphatic carbocycles. The summed E-state index contributed by atoms with van der Waals surface area (Å²) in [5.41, 5.74) is -0.359. The molecule has 10 heteroatoms. The minimum Gasteiger partial charge on any atom is -0.487 e. The molecule has 1 N–H and O–H groups in total. The molecule has 5 nitrogen and oxygen atoms in total. The molecule has 2 aromatic rings. The van der Waals surface area contributed by atoms with Crippen LogP contribution < -0.4 is 14.2 Å². The van der Waals surface area contributed by atoms with Gasteiger partial charge in [-0.3, -0.25) is 0 Å². The largest absolute Gasteiger partial charge is 0.573 e. The average molecular weight is 419 g/mol. The number of sulfonamides is 1. The third-order valence-corrected chi connectivity index (χ3v) is 5.58. The maximum absolute atomic E-state index is 13.7. The number of rotatable bonds is 4. The van der Waals surface area contributed by atoms with Crippen molar-refractivity contribution in [1.82, 2.24) is 4.72 Å². The summed E-state index contributed by atoms with van der Waals surface area (Å²) in [4.78, 5) is -0.246. The lowest BCUT2D eigenvalue weighted by molar-refractivity contribution is -0.274. The zero-order valence-electron chi connectivity index (χ0n) is 14.9. The zero-order chi connectivity index (χ0) is 20.7. The smallest absolute Gasteiger partial charge is 0.487 e. The Morgan fingerprint density at radius 1 is 1.14 bits per heavy atom. The molecule has 3 rings (SSSR count). The van der Waals surface area contributed by atoms with Crippen molar-refractivity contribution in [1.29, 1.82) is 0 Å². The quantitative estimate of drug-likeness (QED) is 0.751. The number of alkyl halides is 3. The maximum atomic E-state index is 13.7. The normalized spacial score (nSPS) is 18.9. The average Bonchev–Trinajstić information content (AvgIpc) is 2.53. The first-order valence-electron chi connectivity index (χ1n) is 8.21. The van der Waals surface area contributed by atoms with Crippen LogP contribution in [0.4, 0.5) is 17.6 Å². The van der Waals surface area contributed by atoms with Gasteiger partial charge in [0.25, 0.3) is 0 Å². The van der Waals surface area contributed by atoms with E-state index in [0.717, 1.165) is 24.3 Å². The number of nitrogens with one attached hydrogen (secondary N) is 1. The highest BCUT2D eigenvalue weighted by atomic mass is 32.2. The standard InChI is InChI=1S/C18H17F4NO4S/c1-17(2)10-15(14-9-11(19)3-8-16(14)27-17)23-28(24,25)13-6-4-12(5-7-13)26-18(20,21)22/h3-9,15,23H,10H2,1-2H3/t15-/m0/s1. The maximum Gasteiger partial charge on any atom is 0.573 e. The molecule has 28 heavy (non-hydrogen) atoms. The molecular formula is C18H17F4NO4S. The van der Waals surface area contributed by atoms with Crippen molar-refractivity contribution in [2.24, 2.45) is 0 Å². The molecule has 1 heterocycles. The summed E-state index contributed by atoms with van der Waals surface area (Å²) in [5, 5.41) is 0. The minimum absolute atomic E-state index is 0.234. The van der Waals surface area contributed by atoms with E-state index in [1.807, 2.05) is 0 Å². The van der Waals surface area contributed by atoms with E-state index in [2.05, 4.69) is 9.46 Å². The van der Waals surface area contributed by atoms with E-state index in [0.29, 0.717) is 11.3 Å². The van der Waals surface area contributed by atoms with Crippen molar-refractivity contribution in [2.75, 3.05) is 0 Å². The minimum atomic E-state index is -4.87. The van der Waals surface area contributed by atoms with Crippen LogP contribution in [0.25, 0.3) is 0 Å². The van der Waals surface area contributed by atoms with Crippen LogP contribution in [0.1, 0.15) is 31.9 Å². The van der Waals surface area contributed by atoms with Crippen LogP contribution in [0.3, 0.4) is 0 Å². The Hall–Kier alpha value is -2.33. The first-order valence-corrected chi connectivity index (χ1v) is 9.70. The molecule has 2 aromatic carbocycles. The molecule has 152 valence electrons. The molecule has 0 spiro atoms. The van der Waals surface area contributed by atoms with Crippen LogP contribution >= 0.6 is 0 Å². The van der Waals surface area contributed by atoms with Gasteiger partial charge >= 0.3 is 6.36 Å². The zero-order valence-corrected chi connectivity index (χ0v) is 15.7. The summed E-state index contributed by atoms with van der Waals surface area (Å²) in [6.45, 7) is 3.54. The van der Waals surface area contributed by atoms with Crippen LogP contribution in [0.2, 0.25) is 0 Å². The third kappa shape index (κ3) is 4.74. The summed E-state index contributed by atoms with van der Waals surface area (Å²) < 4.78 is 87.7. The van der Waals surface area contributed by atoms with E-state index in [1.165, 1.54) is 18.2 Å². The van der Waals surface area contributed by atoms with Gasteiger partial charge < -0.3 is 9.47 Å². The van der Waals surface area contributed by atoms with E-state index in [1.54, 1.807) is 13.8 Å². The molecule has 0 amide bonds. The Morgan fingerprint density at radius 3 is 2.39 bits per heavy atom. The molecule has 0 bridgehead atoms. The van der Waals surface area contributed by atoms with Crippen LogP contribution in [-0.4, -0.2) is 20.4 Å². The molecular weight excluding hydrogens is 402 g/mol. The van der Waals surface area contributed by atoms with Gasteiger partial charge in [0.1, 0.15) is 22.9 Å². The van der Waals surface area contributed by atoms with Crippen molar-refractivity contribution in [2.45, 2.75) is 43.2 Å². The lowest BCUT2D eigenvalue weighted by Gasteiger charge is -2.37. The Morgan fingerprint density at radius 2 is 1.79 bits per heavy atom. The molecule has 0 saturated heterocycles. The van der Waals surface area contributed by atoms with Crippen molar-refractivity contribution in [3.63, 3.8) is 0 Å². The van der Waals surface area contributed by atoms with Gasteiger partial charge in [0.2, 0.25) is 10.0 Å². The van der Waals surface area contributed by atoms with E-state index in [4.69, 9.17) is 4.74 Å². The van der Waals surface area contributed by atoms with Crippen LogP contribution in [0.15, 0.2) is 47.4 Å². The Balaban J connectivity index is 1.87. The number of halogens is 4. The van der Waals surface area contributed by atoms with Crippen LogP contribution in [0, 0.1) is 5.82 Å². The second-order valence-corrected chi connectivity index (χ2v) is 8.66. The van der Waals surface area contributed by atoms with Crippen LogP contribution in [-0.2, 0) is 10.0 Å². The fraction of sp³-hybridized carbons (Fsp3) is 0.333. The molecule has 0 radical (unpaired) electrons. The fourth-order valence-corrected chi connectivity index (χ4v) is 4.22. The summed E-state index contributed by atoms with van der Waals surface area (Å²) in [7, 11) is -4.09. The SMILES string of the molecule is CC1(C)C[C@H](NS(=O)(=O)c2ccc(OC(F)(F)F)cc2)c2cc(F)ccc2O1. The van der Waals surface area contributed by atoms with Crippen molar-refractivity contribution >= 4 is 10.0 Å². The summed E-state index contributed by atoms with van der Waals surface area (Å²) in [6.07, 6.45) is -4.64. The van der Waals surface area contributed by atoms with Gasteiger partial charge in [-0.25, -0.2) is 17.5 Å². The summed E-state index contributed by atoms with van der Waals surface area (Å²) in [5.74, 6) is -0.717. The molecule has 0 fully saturated rings. The highest BCUT2D eigenvalue weighted by molar-refractivity contribution is 7.89. The van der Waals surface area contributed by atoms with Gasteiger partial charge in [0, 0.05) is 12.0 Å². The lowest BCUT2D eigenvalue weighted by Crippen LogP contribution is -2.41. The molecule has 1 atom stereocenters. The van der Waals surface area contributed by atoms with E-state index in [-0.39, 0.29) is 11.3 Å². The second kappa shape index (κ2) is 6.93. The van der Waals surface area contributed by atoms with Gasteiger partial charge in [-0.05, 0) is 56.3 Å². The lowest BCUT2D eigenvalue weighted by atomic mass is 9.90. The molecule has 0 unspecified atom stereocenters. The van der Waals surface area contributed by atoms with Gasteiger partial charge in [0.15, 0.2) is 0 Å². The molecule has 0 saturated carbocycles. The fourth-order valence-electron chi connectivity index (χ4n) is 3.01. The number of hydrogen-bond donors (Lipinski definition) is 1. The van der Waals surface area contributed by atoms with Crippen molar-refractivity contribution in [3.05, 3.63) is 53.8 Å². The highest BCUT2D eigenvalue weighted by Crippen LogP contribution is 2.40. The van der Waals surface area contributed by atoms with Gasteiger partial charge in [-0.2, -0.15) is 0 Å². The number of fused-ring (bicyclic) bond motifs is 1. The second-order valence-electron chi connectivity index (χ2n) is 6.94. The molecule has 1 aliphatic heterocycles. The third-order valence-electron chi connectivity index (χ3n) is 4.09. The molecule has 1 aliphatic rings. The number of benzene rings is 2. The topological polar surface area (TPSA) is 64.6 Å². The van der Waals surface area contributed by atoms with Gasteiger partial charge in [0.05, 0.1) is 10.9 Å². The highest BCUT2D eigenvalue weighted by Gasteiger charge is 2.36. The Labute approximate surface area is 159 Å². The van der Waals surface area contributed by atoms with Crippen LogP contribution in [0.5, 0.6) is 11.5 Å². The summed E-state index contributed by atoms with van der Waals surface area (Å²) >= 11 is 0. The van der Waals surface area contributed by atoms with Crippen molar-refractivity contribution < 1.29 is 35.5 Å². The van der Waals surface area contributed by atoms with Gasteiger partial charge in [-0.1, -0.05) is 0 Å².